The number of carbonyl (C=O) groups is 1. The normalized spacial score (nSPS) is 27.7. The summed E-state index contributed by atoms with van der Waals surface area (Å²) in [5.74, 6) is 0.210. The molecule has 1 aromatic rings. The molecular formula is C20H28F3N3O2. The largest absolute Gasteiger partial charge is 0.473 e. The van der Waals surface area contributed by atoms with E-state index in [1.165, 1.54) is 6.07 Å². The second-order valence-electron chi connectivity index (χ2n) is 7.98. The minimum atomic E-state index is -4.41. The Morgan fingerprint density at radius 1 is 1.18 bits per heavy atom. The molecule has 2 aliphatic rings. The highest BCUT2D eigenvalue weighted by atomic mass is 19.4. The summed E-state index contributed by atoms with van der Waals surface area (Å²) in [6, 6.07) is 2.85. The topological polar surface area (TPSA) is 45.7 Å². The van der Waals surface area contributed by atoms with Crippen LogP contribution in [0.3, 0.4) is 0 Å². The summed E-state index contributed by atoms with van der Waals surface area (Å²) in [4.78, 5) is 20.0. The van der Waals surface area contributed by atoms with Gasteiger partial charge in [0.1, 0.15) is 12.4 Å². The first kappa shape index (κ1) is 21.0. The Bertz CT molecular complexity index is 643. The van der Waals surface area contributed by atoms with Crippen molar-refractivity contribution in [1.29, 1.82) is 0 Å². The molecule has 1 aliphatic heterocycles. The molecule has 8 heteroatoms. The van der Waals surface area contributed by atoms with E-state index in [-0.39, 0.29) is 23.9 Å². The molecule has 0 radical (unpaired) electrons. The number of nitrogens with zero attached hydrogens (tertiary/aromatic N) is 3. The van der Waals surface area contributed by atoms with Crippen molar-refractivity contribution in [1.82, 2.24) is 14.8 Å². The predicted octanol–water partition coefficient (Wildman–Crippen LogP) is 3.24. The van der Waals surface area contributed by atoms with Crippen LogP contribution in [0.15, 0.2) is 18.3 Å². The smallest absolute Gasteiger partial charge is 0.417 e. The molecule has 0 N–H and O–H groups in total. The number of halogens is 3. The van der Waals surface area contributed by atoms with E-state index in [2.05, 4.69) is 28.6 Å². The van der Waals surface area contributed by atoms with Gasteiger partial charge in [-0.05, 0) is 39.2 Å². The zero-order valence-corrected chi connectivity index (χ0v) is 16.4. The highest BCUT2D eigenvalue weighted by molar-refractivity contribution is 5.53. The molecule has 1 aliphatic carbocycles. The van der Waals surface area contributed by atoms with Crippen LogP contribution in [0.5, 0.6) is 5.88 Å². The summed E-state index contributed by atoms with van der Waals surface area (Å²) in [5.41, 5.74) is -0.786. The highest BCUT2D eigenvalue weighted by Gasteiger charge is 2.37. The fraction of sp³-hybridized carbons (Fsp3) is 0.700. The van der Waals surface area contributed by atoms with Crippen molar-refractivity contribution in [2.24, 2.45) is 5.92 Å². The van der Waals surface area contributed by atoms with Gasteiger partial charge in [0, 0.05) is 56.4 Å². The summed E-state index contributed by atoms with van der Waals surface area (Å²) in [6.07, 6.45) is -0.612. The van der Waals surface area contributed by atoms with Crippen molar-refractivity contribution in [3.8, 4) is 5.88 Å². The Hall–Kier alpha value is -1.67. The first-order valence-corrected chi connectivity index (χ1v) is 9.91. The average Bonchev–Trinajstić information content (AvgIpc) is 2.68. The third kappa shape index (κ3) is 5.03. The van der Waals surface area contributed by atoms with Crippen LogP contribution in [0.25, 0.3) is 0 Å². The number of alkyl halides is 3. The van der Waals surface area contributed by atoms with Crippen LogP contribution in [0.2, 0.25) is 0 Å². The lowest BCUT2D eigenvalue weighted by atomic mass is 9.83. The number of ether oxygens (including phenoxy) is 1. The van der Waals surface area contributed by atoms with Gasteiger partial charge in [-0.3, -0.25) is 9.80 Å². The van der Waals surface area contributed by atoms with Crippen LogP contribution < -0.4 is 4.74 Å². The molecule has 3 rings (SSSR count). The zero-order valence-electron chi connectivity index (χ0n) is 16.4. The summed E-state index contributed by atoms with van der Waals surface area (Å²) in [6.45, 7) is 8.08. The molecule has 1 aromatic heterocycles. The monoisotopic (exact) mass is 399 g/mol. The number of aromatic nitrogens is 1. The second kappa shape index (κ2) is 8.78. The van der Waals surface area contributed by atoms with Crippen LogP contribution in [-0.2, 0) is 11.0 Å². The van der Waals surface area contributed by atoms with Gasteiger partial charge in [-0.2, -0.15) is 13.2 Å². The molecule has 0 amide bonds. The number of aldehydes is 1. The molecule has 28 heavy (non-hydrogen) atoms. The first-order valence-electron chi connectivity index (χ1n) is 9.91. The lowest BCUT2D eigenvalue weighted by Gasteiger charge is -2.45. The van der Waals surface area contributed by atoms with Crippen molar-refractivity contribution in [2.45, 2.75) is 57.5 Å². The van der Waals surface area contributed by atoms with Crippen molar-refractivity contribution >= 4 is 6.29 Å². The molecule has 3 unspecified atom stereocenters. The lowest BCUT2D eigenvalue weighted by molar-refractivity contribution is -0.137. The quantitative estimate of drug-likeness (QED) is 0.712. The van der Waals surface area contributed by atoms with E-state index in [1.807, 2.05) is 0 Å². The third-order valence-corrected chi connectivity index (χ3v) is 5.87. The van der Waals surface area contributed by atoms with Gasteiger partial charge in [0.15, 0.2) is 0 Å². The van der Waals surface area contributed by atoms with Gasteiger partial charge in [0.05, 0.1) is 5.56 Å². The predicted molar refractivity (Wildman–Crippen MR) is 99.1 cm³/mol. The van der Waals surface area contributed by atoms with Gasteiger partial charge in [-0.1, -0.05) is 0 Å². The van der Waals surface area contributed by atoms with E-state index < -0.39 is 11.7 Å². The Labute approximate surface area is 163 Å². The summed E-state index contributed by atoms with van der Waals surface area (Å²) >= 11 is 0. The molecule has 2 heterocycles. The van der Waals surface area contributed by atoms with Crippen LogP contribution in [0.4, 0.5) is 13.2 Å². The van der Waals surface area contributed by atoms with Crippen molar-refractivity contribution < 1.29 is 22.7 Å². The standard InChI is InChI=1S/C20H28F3N3O2/c1-14(2)25-7-9-26(10-8-25)17-11-15(13-27)3-5-18(17)28-19-6-4-16(12-24-19)20(21,22)23/h4,6,12-15,17-18H,3,5,7-11H2,1-2H3. The van der Waals surface area contributed by atoms with Gasteiger partial charge < -0.3 is 9.53 Å². The van der Waals surface area contributed by atoms with Gasteiger partial charge in [-0.25, -0.2) is 4.98 Å². The van der Waals surface area contributed by atoms with Gasteiger partial charge >= 0.3 is 6.18 Å². The molecule has 0 aromatic carbocycles. The summed E-state index contributed by atoms with van der Waals surface area (Å²) < 4.78 is 44.2. The fourth-order valence-electron chi connectivity index (χ4n) is 4.15. The molecule has 3 atom stereocenters. The van der Waals surface area contributed by atoms with E-state index in [0.717, 1.165) is 57.6 Å². The Balaban J connectivity index is 1.68. The minimum absolute atomic E-state index is 0.00791. The SMILES string of the molecule is CC(C)N1CCN(C2CC(C=O)CCC2Oc2ccc(C(F)(F)F)cn2)CC1. The Kier molecular flexibility index (Phi) is 6.60. The molecule has 1 saturated heterocycles. The number of pyridine rings is 1. The van der Waals surface area contributed by atoms with Crippen molar-refractivity contribution in [3.05, 3.63) is 23.9 Å². The fourth-order valence-corrected chi connectivity index (χ4v) is 4.15. The van der Waals surface area contributed by atoms with E-state index in [4.69, 9.17) is 4.74 Å². The first-order chi connectivity index (χ1) is 13.3. The summed E-state index contributed by atoms with van der Waals surface area (Å²) in [5, 5.41) is 0. The van der Waals surface area contributed by atoms with Crippen molar-refractivity contribution in [3.63, 3.8) is 0 Å². The van der Waals surface area contributed by atoms with Crippen LogP contribution in [-0.4, -0.2) is 65.4 Å². The minimum Gasteiger partial charge on any atom is -0.473 e. The van der Waals surface area contributed by atoms with Crippen LogP contribution in [0.1, 0.15) is 38.7 Å². The second-order valence-corrected chi connectivity index (χ2v) is 7.98. The number of carbonyl (C=O) groups excluding carboxylic acids is 1. The number of hydrogen-bond acceptors (Lipinski definition) is 5. The lowest BCUT2D eigenvalue weighted by Crippen LogP contribution is -2.57. The zero-order chi connectivity index (χ0) is 20.3. The third-order valence-electron chi connectivity index (χ3n) is 5.87. The molecule has 1 saturated carbocycles. The van der Waals surface area contributed by atoms with Gasteiger partial charge in [0.2, 0.25) is 5.88 Å². The molecule has 0 spiro atoms. The molecule has 5 nitrogen and oxygen atoms in total. The number of rotatable bonds is 5. The maximum absolute atomic E-state index is 12.7. The summed E-state index contributed by atoms with van der Waals surface area (Å²) in [7, 11) is 0. The van der Waals surface area contributed by atoms with E-state index in [0.29, 0.717) is 12.5 Å². The van der Waals surface area contributed by atoms with Crippen LogP contribution >= 0.6 is 0 Å². The van der Waals surface area contributed by atoms with Gasteiger partial charge in [-0.15, -0.1) is 0 Å². The maximum atomic E-state index is 12.7. The maximum Gasteiger partial charge on any atom is 0.417 e. The molecule has 0 bridgehead atoms. The van der Waals surface area contributed by atoms with E-state index in [1.54, 1.807) is 0 Å². The van der Waals surface area contributed by atoms with E-state index in [9.17, 15) is 18.0 Å². The molecule has 156 valence electrons. The number of hydrogen-bond donors (Lipinski definition) is 0. The van der Waals surface area contributed by atoms with Gasteiger partial charge in [0.25, 0.3) is 0 Å². The molecular weight excluding hydrogens is 371 g/mol. The Morgan fingerprint density at radius 2 is 1.89 bits per heavy atom. The van der Waals surface area contributed by atoms with E-state index >= 15 is 0 Å². The van der Waals surface area contributed by atoms with Crippen LogP contribution in [0, 0.1) is 5.92 Å². The van der Waals surface area contributed by atoms with Crippen molar-refractivity contribution in [2.75, 3.05) is 26.2 Å². The highest BCUT2D eigenvalue weighted by Crippen LogP contribution is 2.32. The number of piperazine rings is 1. The average molecular weight is 399 g/mol. The molecule has 2 fully saturated rings. The Morgan fingerprint density at radius 3 is 2.43 bits per heavy atom.